The lowest BCUT2D eigenvalue weighted by atomic mass is 9.93. The molecule has 1 fully saturated rings. The first-order valence-corrected chi connectivity index (χ1v) is 11.8. The molecule has 37 heavy (non-hydrogen) atoms. The predicted molar refractivity (Wildman–Crippen MR) is 139 cm³/mol. The average molecular weight is 494 g/mol. The molecule has 0 aliphatic carbocycles. The Kier molecular flexibility index (Phi) is 6.19. The van der Waals surface area contributed by atoms with E-state index in [0.717, 1.165) is 10.8 Å². The molecule has 2 N–H and O–H groups in total. The van der Waals surface area contributed by atoms with Crippen LogP contribution in [0.3, 0.4) is 0 Å². The molecule has 0 saturated carbocycles. The Bertz CT molecular complexity index is 1570. The van der Waals surface area contributed by atoms with Crippen molar-refractivity contribution in [1.29, 1.82) is 0 Å². The fourth-order valence-corrected chi connectivity index (χ4v) is 4.64. The smallest absolute Gasteiger partial charge is 0.338 e. The Morgan fingerprint density at radius 3 is 2.38 bits per heavy atom. The van der Waals surface area contributed by atoms with Gasteiger partial charge >= 0.3 is 5.97 Å². The van der Waals surface area contributed by atoms with Gasteiger partial charge < -0.3 is 14.9 Å². The van der Waals surface area contributed by atoms with Crippen LogP contribution < -0.4 is 4.90 Å². The number of phenols is 1. The lowest BCUT2D eigenvalue weighted by Gasteiger charge is -2.26. The molecule has 1 saturated heterocycles. The average Bonchev–Trinajstić information content (AvgIpc) is 3.18. The molecule has 1 amide bonds. The number of amides is 1. The maximum Gasteiger partial charge on any atom is 0.338 e. The molecule has 4 aromatic rings. The summed E-state index contributed by atoms with van der Waals surface area (Å²) in [4.78, 5) is 40.5. The van der Waals surface area contributed by atoms with Crippen molar-refractivity contribution in [2.75, 3.05) is 11.5 Å². The van der Waals surface area contributed by atoms with Crippen molar-refractivity contribution in [3.05, 3.63) is 113 Å². The first kappa shape index (κ1) is 23.8. The number of Topliss-reactive ketones (excluding diaryl/α,β-unsaturated/α-hetero) is 1. The number of fused-ring (bicyclic) bond motifs is 1. The number of benzene rings is 4. The van der Waals surface area contributed by atoms with Crippen LogP contribution in [-0.4, -0.2) is 34.5 Å². The molecule has 4 aromatic carbocycles. The van der Waals surface area contributed by atoms with Gasteiger partial charge in [0.15, 0.2) is 0 Å². The number of carbonyl (C=O) groups excluding carboxylic acids is 3. The number of phenolic OH excluding ortho intramolecular Hbond substituents is 1. The number of hydrogen-bond donors (Lipinski definition) is 2. The van der Waals surface area contributed by atoms with Crippen LogP contribution in [0, 0.1) is 0 Å². The van der Waals surface area contributed by atoms with Crippen molar-refractivity contribution in [3.63, 3.8) is 0 Å². The largest absolute Gasteiger partial charge is 0.508 e. The summed E-state index contributed by atoms with van der Waals surface area (Å²) in [6.45, 7) is 1.88. The SMILES string of the molecule is CCOC(=O)c1cccc(N2C(=O)C(=O)/C(=C(\O)c3cccc4ccccc34)C2c2ccc(O)cc2)c1. The normalized spacial score (nSPS) is 16.8. The fourth-order valence-electron chi connectivity index (χ4n) is 4.64. The van der Waals surface area contributed by atoms with Gasteiger partial charge in [-0.05, 0) is 53.6 Å². The monoisotopic (exact) mass is 493 g/mol. The van der Waals surface area contributed by atoms with Crippen LogP contribution in [0.2, 0.25) is 0 Å². The quantitative estimate of drug-likeness (QED) is 0.168. The molecule has 1 unspecified atom stereocenters. The molecule has 1 aliphatic rings. The number of ketones is 1. The van der Waals surface area contributed by atoms with Crippen LogP contribution in [0.1, 0.15) is 34.5 Å². The number of aliphatic hydroxyl groups excluding tert-OH is 1. The zero-order valence-corrected chi connectivity index (χ0v) is 19.9. The highest BCUT2D eigenvalue weighted by Crippen LogP contribution is 2.43. The highest BCUT2D eigenvalue weighted by Gasteiger charge is 2.47. The molecule has 0 spiro atoms. The molecule has 0 aromatic heterocycles. The topological polar surface area (TPSA) is 104 Å². The maximum atomic E-state index is 13.5. The van der Waals surface area contributed by atoms with Crippen molar-refractivity contribution in [2.45, 2.75) is 13.0 Å². The van der Waals surface area contributed by atoms with Gasteiger partial charge in [-0.1, -0.05) is 60.7 Å². The van der Waals surface area contributed by atoms with Gasteiger partial charge in [0.05, 0.1) is 23.8 Å². The zero-order chi connectivity index (χ0) is 26.1. The van der Waals surface area contributed by atoms with E-state index < -0.39 is 23.7 Å². The van der Waals surface area contributed by atoms with Crippen molar-refractivity contribution in [3.8, 4) is 5.75 Å². The second-order valence-corrected chi connectivity index (χ2v) is 8.56. The molecule has 0 radical (unpaired) electrons. The van der Waals surface area contributed by atoms with Crippen molar-refractivity contribution < 1.29 is 29.3 Å². The van der Waals surface area contributed by atoms with Crippen LogP contribution in [0.4, 0.5) is 5.69 Å². The molecule has 1 heterocycles. The summed E-state index contributed by atoms with van der Waals surface area (Å²) >= 11 is 0. The molecule has 1 atom stereocenters. The molecule has 5 rings (SSSR count). The second-order valence-electron chi connectivity index (χ2n) is 8.56. The molecule has 7 nitrogen and oxygen atoms in total. The van der Waals surface area contributed by atoms with Gasteiger partial charge in [-0.25, -0.2) is 4.79 Å². The van der Waals surface area contributed by atoms with Crippen LogP contribution in [0.25, 0.3) is 16.5 Å². The molecular formula is C30H23NO6. The Labute approximate surface area is 212 Å². The summed E-state index contributed by atoms with van der Waals surface area (Å²) in [5.41, 5.74) is 1.34. The van der Waals surface area contributed by atoms with E-state index in [1.54, 1.807) is 49.4 Å². The number of carbonyl (C=O) groups is 3. The molecule has 7 heteroatoms. The Hall–Kier alpha value is -4.91. The number of ether oxygens (including phenoxy) is 1. The lowest BCUT2D eigenvalue weighted by molar-refractivity contribution is -0.132. The summed E-state index contributed by atoms with van der Waals surface area (Å²) in [5.74, 6) is -2.56. The third kappa shape index (κ3) is 4.21. The van der Waals surface area contributed by atoms with Crippen LogP contribution in [0.5, 0.6) is 5.75 Å². The van der Waals surface area contributed by atoms with Gasteiger partial charge in [-0.3, -0.25) is 14.5 Å². The first-order chi connectivity index (χ1) is 17.9. The second kappa shape index (κ2) is 9.62. The van der Waals surface area contributed by atoms with E-state index in [9.17, 15) is 24.6 Å². The summed E-state index contributed by atoms with van der Waals surface area (Å²) in [5, 5.41) is 23.0. The van der Waals surface area contributed by atoms with Gasteiger partial charge in [-0.2, -0.15) is 0 Å². The number of anilines is 1. The number of aliphatic hydroxyl groups is 1. The molecule has 1 aliphatic heterocycles. The predicted octanol–water partition coefficient (Wildman–Crippen LogP) is 5.35. The minimum absolute atomic E-state index is 0.0130. The number of rotatable bonds is 5. The standard InChI is InChI=1S/C30H23NO6/c1-2-37-30(36)20-9-5-10-21(17-20)31-26(19-13-15-22(32)16-14-19)25(28(34)29(31)35)27(33)24-12-6-8-18-7-3-4-11-23(18)24/h3-17,26,32-33H,2H2,1H3/b27-25-. The first-order valence-electron chi connectivity index (χ1n) is 11.8. The van der Waals surface area contributed by atoms with Gasteiger partial charge in [0.25, 0.3) is 11.7 Å². The van der Waals surface area contributed by atoms with Gasteiger partial charge in [0.1, 0.15) is 11.5 Å². The Balaban J connectivity index is 1.73. The number of hydrogen-bond acceptors (Lipinski definition) is 6. The van der Waals surface area contributed by atoms with Crippen LogP contribution in [-0.2, 0) is 14.3 Å². The fraction of sp³-hybridized carbons (Fsp3) is 0.100. The van der Waals surface area contributed by atoms with Gasteiger partial charge in [0, 0.05) is 11.3 Å². The van der Waals surface area contributed by atoms with Crippen LogP contribution in [0.15, 0.2) is 96.6 Å². The minimum atomic E-state index is -1.00. The van der Waals surface area contributed by atoms with E-state index in [1.807, 2.05) is 30.3 Å². The number of aromatic hydroxyl groups is 1. The van der Waals surface area contributed by atoms with Gasteiger partial charge in [-0.15, -0.1) is 0 Å². The third-order valence-electron chi connectivity index (χ3n) is 6.33. The highest BCUT2D eigenvalue weighted by molar-refractivity contribution is 6.51. The van der Waals surface area contributed by atoms with E-state index >= 15 is 0 Å². The highest BCUT2D eigenvalue weighted by atomic mass is 16.5. The van der Waals surface area contributed by atoms with Crippen molar-refractivity contribution in [2.24, 2.45) is 0 Å². The summed E-state index contributed by atoms with van der Waals surface area (Å²) < 4.78 is 5.09. The van der Waals surface area contributed by atoms with E-state index in [-0.39, 0.29) is 29.3 Å². The van der Waals surface area contributed by atoms with E-state index in [1.165, 1.54) is 23.1 Å². The molecular weight excluding hydrogens is 470 g/mol. The maximum absolute atomic E-state index is 13.5. The van der Waals surface area contributed by atoms with E-state index in [2.05, 4.69) is 0 Å². The summed E-state index contributed by atoms with van der Waals surface area (Å²) in [6, 6.07) is 24.1. The zero-order valence-electron chi connectivity index (χ0n) is 19.9. The Morgan fingerprint density at radius 1 is 0.919 bits per heavy atom. The third-order valence-corrected chi connectivity index (χ3v) is 6.33. The Morgan fingerprint density at radius 2 is 1.62 bits per heavy atom. The number of nitrogens with zero attached hydrogens (tertiary/aromatic N) is 1. The molecule has 0 bridgehead atoms. The van der Waals surface area contributed by atoms with Crippen molar-refractivity contribution >= 4 is 39.9 Å². The minimum Gasteiger partial charge on any atom is -0.508 e. The number of esters is 1. The van der Waals surface area contributed by atoms with Crippen LogP contribution >= 0.6 is 0 Å². The molecule has 184 valence electrons. The lowest BCUT2D eigenvalue weighted by Crippen LogP contribution is -2.29. The van der Waals surface area contributed by atoms with E-state index in [0.29, 0.717) is 16.8 Å². The summed E-state index contributed by atoms with van der Waals surface area (Å²) in [7, 11) is 0. The summed E-state index contributed by atoms with van der Waals surface area (Å²) in [6.07, 6.45) is 0. The van der Waals surface area contributed by atoms with Crippen molar-refractivity contribution in [1.82, 2.24) is 0 Å². The van der Waals surface area contributed by atoms with Gasteiger partial charge in [0.2, 0.25) is 0 Å². The van der Waals surface area contributed by atoms with E-state index in [4.69, 9.17) is 4.74 Å².